The van der Waals surface area contributed by atoms with Crippen molar-refractivity contribution in [2.75, 3.05) is 6.54 Å². The van der Waals surface area contributed by atoms with Gasteiger partial charge in [-0.2, -0.15) is 0 Å². The fourth-order valence-electron chi connectivity index (χ4n) is 2.10. The van der Waals surface area contributed by atoms with E-state index in [0.717, 1.165) is 24.5 Å². The molecule has 0 aliphatic rings. The van der Waals surface area contributed by atoms with Gasteiger partial charge in [0.25, 0.3) is 0 Å². The van der Waals surface area contributed by atoms with Crippen molar-refractivity contribution >= 4 is 29.9 Å². The molecule has 0 radical (unpaired) electrons. The quantitative estimate of drug-likeness (QED) is 0.355. The lowest BCUT2D eigenvalue weighted by Crippen LogP contribution is -2.41. The second kappa shape index (κ2) is 11.7. The number of halogens is 2. The standard InChI is InChI=1S/C19H25FN4O.HI/c1-4-14(3)24-19(21-5-2)23-13-15-8-7-11-22-18(15)25-17-10-6-9-16(20)12-17;/h6-12,14H,4-5,13H2,1-3H3,(H2,21,23,24);1H. The lowest BCUT2D eigenvalue weighted by Gasteiger charge is -2.16. The zero-order chi connectivity index (χ0) is 18.1. The normalized spacial score (nSPS) is 12.1. The van der Waals surface area contributed by atoms with Crippen molar-refractivity contribution in [1.29, 1.82) is 0 Å². The minimum atomic E-state index is -0.347. The summed E-state index contributed by atoms with van der Waals surface area (Å²) in [6, 6.07) is 10.1. The number of hydrogen-bond acceptors (Lipinski definition) is 3. The van der Waals surface area contributed by atoms with Crippen LogP contribution in [-0.2, 0) is 6.54 Å². The average molecular weight is 472 g/mol. The van der Waals surface area contributed by atoms with E-state index in [1.807, 2.05) is 19.1 Å². The molecule has 0 spiro atoms. The first-order chi connectivity index (χ1) is 12.1. The molecule has 0 aliphatic heterocycles. The number of rotatable bonds is 7. The summed E-state index contributed by atoms with van der Waals surface area (Å²) < 4.78 is 19.0. The first-order valence-corrected chi connectivity index (χ1v) is 8.54. The van der Waals surface area contributed by atoms with Crippen molar-refractivity contribution < 1.29 is 9.13 Å². The summed E-state index contributed by atoms with van der Waals surface area (Å²) in [4.78, 5) is 8.84. The van der Waals surface area contributed by atoms with Crippen LogP contribution >= 0.6 is 24.0 Å². The molecule has 7 heteroatoms. The first-order valence-electron chi connectivity index (χ1n) is 8.54. The Hall–Kier alpha value is -1.90. The van der Waals surface area contributed by atoms with E-state index in [0.29, 0.717) is 24.2 Å². The number of benzene rings is 1. The molecule has 0 amide bonds. The molecule has 0 aliphatic carbocycles. The van der Waals surface area contributed by atoms with Crippen LogP contribution < -0.4 is 15.4 Å². The third-order valence-electron chi connectivity index (χ3n) is 3.61. The van der Waals surface area contributed by atoms with E-state index < -0.39 is 0 Å². The summed E-state index contributed by atoms with van der Waals surface area (Å²) in [6.45, 7) is 7.44. The van der Waals surface area contributed by atoms with Gasteiger partial charge in [-0.15, -0.1) is 24.0 Å². The summed E-state index contributed by atoms with van der Waals surface area (Å²) in [5.41, 5.74) is 0.827. The van der Waals surface area contributed by atoms with Gasteiger partial charge < -0.3 is 15.4 Å². The van der Waals surface area contributed by atoms with Crippen LogP contribution in [0.15, 0.2) is 47.6 Å². The molecule has 1 heterocycles. The fourth-order valence-corrected chi connectivity index (χ4v) is 2.10. The number of aliphatic imine (C=N–C) groups is 1. The second-order valence-corrected chi connectivity index (χ2v) is 5.68. The molecule has 0 saturated heterocycles. The van der Waals surface area contributed by atoms with Crippen LogP contribution in [0.25, 0.3) is 0 Å². The summed E-state index contributed by atoms with van der Waals surface area (Å²) in [5, 5.41) is 6.57. The zero-order valence-corrected chi connectivity index (χ0v) is 17.7. The Balaban J connectivity index is 0.00000338. The molecule has 26 heavy (non-hydrogen) atoms. The lowest BCUT2D eigenvalue weighted by atomic mass is 10.2. The van der Waals surface area contributed by atoms with Gasteiger partial charge in [-0.05, 0) is 38.5 Å². The van der Waals surface area contributed by atoms with E-state index >= 15 is 0 Å². The van der Waals surface area contributed by atoms with Crippen molar-refractivity contribution in [2.45, 2.75) is 39.8 Å². The number of guanidine groups is 1. The minimum absolute atomic E-state index is 0. The summed E-state index contributed by atoms with van der Waals surface area (Å²) in [6.07, 6.45) is 2.65. The smallest absolute Gasteiger partial charge is 0.224 e. The highest BCUT2D eigenvalue weighted by atomic mass is 127. The van der Waals surface area contributed by atoms with E-state index in [4.69, 9.17) is 4.74 Å². The van der Waals surface area contributed by atoms with E-state index in [-0.39, 0.29) is 29.8 Å². The number of pyridine rings is 1. The highest BCUT2D eigenvalue weighted by molar-refractivity contribution is 14.0. The average Bonchev–Trinajstić information content (AvgIpc) is 2.61. The van der Waals surface area contributed by atoms with Crippen molar-refractivity contribution in [3.8, 4) is 11.6 Å². The highest BCUT2D eigenvalue weighted by Gasteiger charge is 2.08. The molecule has 2 aromatic rings. The molecule has 0 bridgehead atoms. The van der Waals surface area contributed by atoms with Gasteiger partial charge in [-0.3, -0.25) is 0 Å². The van der Waals surface area contributed by atoms with Crippen LogP contribution in [0.3, 0.4) is 0 Å². The number of nitrogens with one attached hydrogen (secondary N) is 2. The summed E-state index contributed by atoms with van der Waals surface area (Å²) in [5.74, 6) is 1.24. The Bertz CT molecular complexity index is 711. The Morgan fingerprint density at radius 1 is 1.27 bits per heavy atom. The van der Waals surface area contributed by atoms with E-state index in [1.54, 1.807) is 18.3 Å². The maximum Gasteiger partial charge on any atom is 0.224 e. The zero-order valence-electron chi connectivity index (χ0n) is 15.3. The predicted molar refractivity (Wildman–Crippen MR) is 114 cm³/mol. The number of ether oxygens (including phenoxy) is 1. The van der Waals surface area contributed by atoms with Crippen LogP contribution in [0.1, 0.15) is 32.8 Å². The molecule has 2 rings (SSSR count). The Kier molecular flexibility index (Phi) is 9.93. The van der Waals surface area contributed by atoms with E-state index in [1.165, 1.54) is 12.1 Å². The molecule has 1 aromatic carbocycles. The molecule has 0 fully saturated rings. The fraction of sp³-hybridized carbons (Fsp3) is 0.368. The van der Waals surface area contributed by atoms with Gasteiger partial charge in [0.05, 0.1) is 6.54 Å². The Morgan fingerprint density at radius 2 is 2.08 bits per heavy atom. The molecule has 1 aromatic heterocycles. The molecular weight excluding hydrogens is 446 g/mol. The Labute approximate surface area is 171 Å². The van der Waals surface area contributed by atoms with Crippen molar-refractivity contribution in [1.82, 2.24) is 15.6 Å². The van der Waals surface area contributed by atoms with Gasteiger partial charge in [0.1, 0.15) is 11.6 Å². The van der Waals surface area contributed by atoms with Gasteiger partial charge in [-0.25, -0.2) is 14.4 Å². The van der Waals surface area contributed by atoms with Crippen LogP contribution in [0.4, 0.5) is 4.39 Å². The maximum absolute atomic E-state index is 13.3. The molecule has 2 N–H and O–H groups in total. The van der Waals surface area contributed by atoms with E-state index in [2.05, 4.69) is 34.5 Å². The maximum atomic E-state index is 13.3. The van der Waals surface area contributed by atoms with Crippen LogP contribution in [0.5, 0.6) is 11.6 Å². The number of aromatic nitrogens is 1. The van der Waals surface area contributed by atoms with Gasteiger partial charge in [-0.1, -0.05) is 19.1 Å². The lowest BCUT2D eigenvalue weighted by molar-refractivity contribution is 0.452. The largest absolute Gasteiger partial charge is 0.439 e. The summed E-state index contributed by atoms with van der Waals surface area (Å²) >= 11 is 0. The summed E-state index contributed by atoms with van der Waals surface area (Å²) in [7, 11) is 0. The molecule has 5 nitrogen and oxygen atoms in total. The van der Waals surface area contributed by atoms with E-state index in [9.17, 15) is 4.39 Å². The van der Waals surface area contributed by atoms with Crippen molar-refractivity contribution in [3.05, 3.63) is 54.0 Å². The van der Waals surface area contributed by atoms with Gasteiger partial charge in [0.15, 0.2) is 5.96 Å². The number of hydrogen-bond donors (Lipinski definition) is 2. The monoisotopic (exact) mass is 472 g/mol. The third-order valence-corrected chi connectivity index (χ3v) is 3.61. The Morgan fingerprint density at radius 3 is 2.77 bits per heavy atom. The van der Waals surface area contributed by atoms with Gasteiger partial charge in [0.2, 0.25) is 5.88 Å². The second-order valence-electron chi connectivity index (χ2n) is 5.68. The van der Waals surface area contributed by atoms with Crippen LogP contribution in [0.2, 0.25) is 0 Å². The molecule has 142 valence electrons. The molecular formula is C19H26FIN4O. The first kappa shape index (κ1) is 22.1. The minimum Gasteiger partial charge on any atom is -0.439 e. The number of nitrogens with zero attached hydrogens (tertiary/aromatic N) is 2. The van der Waals surface area contributed by atoms with Crippen LogP contribution in [-0.4, -0.2) is 23.5 Å². The topological polar surface area (TPSA) is 58.5 Å². The predicted octanol–water partition coefficient (Wildman–Crippen LogP) is 4.48. The highest BCUT2D eigenvalue weighted by Crippen LogP contribution is 2.23. The molecule has 0 saturated carbocycles. The van der Waals surface area contributed by atoms with Crippen molar-refractivity contribution in [3.63, 3.8) is 0 Å². The van der Waals surface area contributed by atoms with Gasteiger partial charge >= 0.3 is 0 Å². The van der Waals surface area contributed by atoms with Gasteiger partial charge in [0, 0.05) is 30.4 Å². The van der Waals surface area contributed by atoms with Crippen molar-refractivity contribution in [2.24, 2.45) is 4.99 Å². The van der Waals surface area contributed by atoms with Crippen LogP contribution in [0, 0.1) is 5.82 Å². The third kappa shape index (κ3) is 7.15. The molecule has 1 unspecified atom stereocenters. The molecule has 1 atom stereocenters. The SMILES string of the molecule is CCNC(=NCc1cccnc1Oc1cccc(F)c1)NC(C)CC.I.